The van der Waals surface area contributed by atoms with Gasteiger partial charge in [-0.3, -0.25) is 0 Å². The maximum atomic E-state index is 12.8. The molecule has 1 atom stereocenters. The normalized spacial score (nSPS) is 12.3. The summed E-state index contributed by atoms with van der Waals surface area (Å²) in [6, 6.07) is 25.3. The fourth-order valence-corrected chi connectivity index (χ4v) is 3.63. The summed E-state index contributed by atoms with van der Waals surface area (Å²) in [5.74, 6) is 6.05. The molecule has 3 nitrogen and oxygen atoms in total. The van der Waals surface area contributed by atoms with E-state index in [4.69, 9.17) is 0 Å². The molecule has 0 radical (unpaired) electrons. The minimum atomic E-state index is -3.69. The molecule has 0 saturated heterocycles. The Hall–Kier alpha value is -3.13. The van der Waals surface area contributed by atoms with Crippen molar-refractivity contribution in [3.63, 3.8) is 0 Å². The zero-order valence-corrected chi connectivity index (χ0v) is 16.4. The minimum absolute atomic E-state index is 0.220. The number of nitrogens with one attached hydrogen (secondary N) is 1. The lowest BCUT2D eigenvalue weighted by atomic mass is 10.1. The summed E-state index contributed by atoms with van der Waals surface area (Å²) in [4.78, 5) is 0.220. The van der Waals surface area contributed by atoms with Crippen molar-refractivity contribution in [3.05, 3.63) is 108 Å². The SMILES string of the molecule is Cc1ccc(S(=O)(=O)NC(C#Cc2ccccc2)/C=C/c2ccccc2)cc1. The average Bonchev–Trinajstić information content (AvgIpc) is 2.72. The van der Waals surface area contributed by atoms with Crippen LogP contribution in [0.15, 0.2) is 95.9 Å². The lowest BCUT2D eigenvalue weighted by Gasteiger charge is -2.10. The Morgan fingerprint density at radius 1 is 0.857 bits per heavy atom. The second-order valence-corrected chi connectivity index (χ2v) is 8.03. The first-order valence-corrected chi connectivity index (χ1v) is 10.4. The van der Waals surface area contributed by atoms with E-state index >= 15 is 0 Å². The van der Waals surface area contributed by atoms with Gasteiger partial charge in [-0.05, 0) is 36.8 Å². The molecule has 4 heteroatoms. The molecule has 0 fully saturated rings. The van der Waals surface area contributed by atoms with Crippen molar-refractivity contribution in [1.29, 1.82) is 0 Å². The Balaban J connectivity index is 1.88. The molecule has 0 saturated carbocycles. The van der Waals surface area contributed by atoms with Gasteiger partial charge >= 0.3 is 0 Å². The monoisotopic (exact) mass is 387 g/mol. The van der Waals surface area contributed by atoms with E-state index in [0.717, 1.165) is 16.7 Å². The van der Waals surface area contributed by atoms with Gasteiger partial charge in [-0.1, -0.05) is 90.2 Å². The molecule has 28 heavy (non-hydrogen) atoms. The highest BCUT2D eigenvalue weighted by Crippen LogP contribution is 2.11. The summed E-state index contributed by atoms with van der Waals surface area (Å²) in [6.45, 7) is 1.92. The van der Waals surface area contributed by atoms with Crippen LogP contribution in [0.4, 0.5) is 0 Å². The van der Waals surface area contributed by atoms with E-state index in [-0.39, 0.29) is 4.90 Å². The first kappa shape index (κ1) is 19.6. The van der Waals surface area contributed by atoms with Crippen molar-refractivity contribution in [2.45, 2.75) is 17.9 Å². The van der Waals surface area contributed by atoms with Crippen LogP contribution in [0.3, 0.4) is 0 Å². The number of rotatable bonds is 5. The Bertz CT molecular complexity index is 1090. The number of sulfonamides is 1. The molecule has 0 aliphatic carbocycles. The van der Waals surface area contributed by atoms with Gasteiger partial charge in [-0.2, -0.15) is 4.72 Å². The number of benzene rings is 3. The molecule has 140 valence electrons. The highest BCUT2D eigenvalue weighted by Gasteiger charge is 2.17. The number of hydrogen-bond donors (Lipinski definition) is 1. The fraction of sp³-hybridized carbons (Fsp3) is 0.0833. The van der Waals surface area contributed by atoms with Crippen LogP contribution in [0.1, 0.15) is 16.7 Å². The van der Waals surface area contributed by atoms with Gasteiger partial charge in [0.1, 0.15) is 6.04 Å². The van der Waals surface area contributed by atoms with Crippen molar-refractivity contribution in [2.24, 2.45) is 0 Å². The van der Waals surface area contributed by atoms with E-state index in [9.17, 15) is 8.42 Å². The molecule has 0 amide bonds. The molecule has 3 aromatic carbocycles. The van der Waals surface area contributed by atoms with Gasteiger partial charge in [0.2, 0.25) is 10.0 Å². The summed E-state index contributed by atoms with van der Waals surface area (Å²) in [6.07, 6.45) is 3.62. The molecule has 3 rings (SSSR count). The molecule has 1 N–H and O–H groups in total. The van der Waals surface area contributed by atoms with E-state index in [1.807, 2.05) is 73.7 Å². The van der Waals surface area contributed by atoms with Gasteiger partial charge in [0.05, 0.1) is 4.90 Å². The van der Waals surface area contributed by atoms with Crippen LogP contribution >= 0.6 is 0 Å². The Morgan fingerprint density at radius 2 is 1.46 bits per heavy atom. The van der Waals surface area contributed by atoms with Gasteiger partial charge in [0, 0.05) is 5.56 Å². The summed E-state index contributed by atoms with van der Waals surface area (Å²) >= 11 is 0. The summed E-state index contributed by atoms with van der Waals surface area (Å²) in [7, 11) is -3.69. The van der Waals surface area contributed by atoms with Crippen molar-refractivity contribution >= 4 is 16.1 Å². The second-order valence-electron chi connectivity index (χ2n) is 6.32. The second kappa shape index (κ2) is 9.18. The van der Waals surface area contributed by atoms with Crippen LogP contribution < -0.4 is 4.72 Å². The van der Waals surface area contributed by atoms with Crippen LogP contribution in [-0.2, 0) is 10.0 Å². The van der Waals surface area contributed by atoms with E-state index < -0.39 is 16.1 Å². The van der Waals surface area contributed by atoms with Gasteiger partial charge < -0.3 is 0 Å². The van der Waals surface area contributed by atoms with Crippen LogP contribution in [0.5, 0.6) is 0 Å². The molecular formula is C24H21NO2S. The van der Waals surface area contributed by atoms with Crippen LogP contribution in [-0.4, -0.2) is 14.5 Å². The molecule has 0 heterocycles. The van der Waals surface area contributed by atoms with Crippen molar-refractivity contribution in [3.8, 4) is 11.8 Å². The van der Waals surface area contributed by atoms with E-state index in [0.29, 0.717) is 0 Å². The standard InChI is InChI=1S/C24H21NO2S/c1-20-12-18-24(19-13-20)28(26,27)25-23(16-14-21-8-4-2-5-9-21)17-15-22-10-6-3-7-11-22/h2-14,16,18-19,23,25H,1H3/b16-14+. The van der Waals surface area contributed by atoms with Gasteiger partial charge in [-0.25, -0.2) is 8.42 Å². The quantitative estimate of drug-likeness (QED) is 0.659. The highest BCUT2D eigenvalue weighted by molar-refractivity contribution is 7.89. The molecular weight excluding hydrogens is 366 g/mol. The molecule has 0 bridgehead atoms. The maximum Gasteiger partial charge on any atom is 0.241 e. The van der Waals surface area contributed by atoms with Crippen molar-refractivity contribution in [2.75, 3.05) is 0 Å². The minimum Gasteiger partial charge on any atom is -0.207 e. The maximum absolute atomic E-state index is 12.8. The molecule has 0 aromatic heterocycles. The summed E-state index contributed by atoms with van der Waals surface area (Å²) in [5.41, 5.74) is 2.81. The lowest BCUT2D eigenvalue weighted by Crippen LogP contribution is -2.32. The smallest absolute Gasteiger partial charge is 0.207 e. The van der Waals surface area contributed by atoms with Gasteiger partial charge in [-0.15, -0.1) is 0 Å². The topological polar surface area (TPSA) is 46.2 Å². The first-order valence-electron chi connectivity index (χ1n) is 8.92. The molecule has 0 aliphatic rings. The molecule has 0 aliphatic heterocycles. The third-order valence-electron chi connectivity index (χ3n) is 4.04. The number of aryl methyl sites for hydroxylation is 1. The Morgan fingerprint density at radius 3 is 2.11 bits per heavy atom. The molecule has 3 aromatic rings. The largest absolute Gasteiger partial charge is 0.241 e. The summed E-state index contributed by atoms with van der Waals surface area (Å²) in [5, 5.41) is 0. The third-order valence-corrected chi connectivity index (χ3v) is 5.50. The van der Waals surface area contributed by atoms with Crippen LogP contribution in [0.25, 0.3) is 6.08 Å². The first-order chi connectivity index (χ1) is 13.5. The fourth-order valence-electron chi connectivity index (χ4n) is 2.52. The predicted octanol–water partition coefficient (Wildman–Crippen LogP) is 4.41. The average molecular weight is 388 g/mol. The van der Waals surface area contributed by atoms with Gasteiger partial charge in [0.15, 0.2) is 0 Å². The van der Waals surface area contributed by atoms with Crippen LogP contribution in [0.2, 0.25) is 0 Å². The zero-order chi connectivity index (χ0) is 19.8. The Kier molecular flexibility index (Phi) is 6.44. The lowest BCUT2D eigenvalue weighted by molar-refractivity contribution is 0.581. The molecule has 1 unspecified atom stereocenters. The predicted molar refractivity (Wildman–Crippen MR) is 114 cm³/mol. The van der Waals surface area contributed by atoms with Crippen molar-refractivity contribution in [1.82, 2.24) is 4.72 Å². The van der Waals surface area contributed by atoms with Crippen LogP contribution in [0, 0.1) is 18.8 Å². The van der Waals surface area contributed by atoms with Crippen molar-refractivity contribution < 1.29 is 8.42 Å². The summed E-state index contributed by atoms with van der Waals surface area (Å²) < 4.78 is 28.2. The molecule has 0 spiro atoms. The highest BCUT2D eigenvalue weighted by atomic mass is 32.2. The van der Waals surface area contributed by atoms with E-state index in [2.05, 4.69) is 16.6 Å². The number of hydrogen-bond acceptors (Lipinski definition) is 2. The van der Waals surface area contributed by atoms with E-state index in [1.165, 1.54) is 0 Å². The Labute approximate surface area is 166 Å². The zero-order valence-electron chi connectivity index (χ0n) is 15.5. The van der Waals surface area contributed by atoms with Gasteiger partial charge in [0.25, 0.3) is 0 Å². The van der Waals surface area contributed by atoms with E-state index in [1.54, 1.807) is 30.3 Å². The third kappa shape index (κ3) is 5.68.